The highest BCUT2D eigenvalue weighted by Gasteiger charge is 2.29. The number of rotatable bonds is 11. The van der Waals surface area contributed by atoms with Crippen LogP contribution in [0.2, 0.25) is 0 Å². The van der Waals surface area contributed by atoms with E-state index in [1.165, 1.54) is 5.56 Å². The fourth-order valence-corrected chi connectivity index (χ4v) is 3.33. The number of aliphatic hydroxyl groups is 1. The smallest absolute Gasteiger partial charge is 0.0676 e. The number of thioether (sulfide) groups is 1. The summed E-state index contributed by atoms with van der Waals surface area (Å²) >= 11 is 1.92. The van der Waals surface area contributed by atoms with E-state index in [4.69, 9.17) is 4.74 Å². The zero-order valence-corrected chi connectivity index (χ0v) is 13.4. The van der Waals surface area contributed by atoms with Crippen molar-refractivity contribution in [3.05, 3.63) is 35.9 Å². The van der Waals surface area contributed by atoms with Crippen LogP contribution in [0, 0.1) is 0 Å². The second kappa shape index (κ2) is 10.2. The number of methoxy groups -OCH3 is 1. The molecule has 1 unspecified atom stereocenters. The normalized spacial score (nSPS) is 14.2. The molecule has 0 radical (unpaired) electrons. The Morgan fingerprint density at radius 3 is 2.60 bits per heavy atom. The van der Waals surface area contributed by atoms with E-state index in [-0.39, 0.29) is 12.1 Å². The molecule has 0 aliphatic heterocycles. The minimum atomic E-state index is -0.315. The number of aliphatic hydroxyl groups excluding tert-OH is 1. The van der Waals surface area contributed by atoms with Gasteiger partial charge in [-0.05, 0) is 36.5 Å². The molecule has 1 aromatic rings. The minimum absolute atomic E-state index is 0.128. The van der Waals surface area contributed by atoms with E-state index >= 15 is 0 Å². The molecule has 20 heavy (non-hydrogen) atoms. The first-order chi connectivity index (χ1) is 9.79. The Bertz CT molecular complexity index is 348. The standard InChI is InChI=1S/C16H27NO2S/c1-3-17-16(14-18,15-8-5-4-6-9-15)10-13-20-12-7-11-19-2/h4-6,8-9,17-18H,3,7,10-14H2,1-2H3. The molecule has 0 aliphatic rings. The summed E-state index contributed by atoms with van der Waals surface area (Å²) < 4.78 is 5.05. The molecule has 0 amide bonds. The van der Waals surface area contributed by atoms with E-state index in [2.05, 4.69) is 24.4 Å². The van der Waals surface area contributed by atoms with Crippen molar-refractivity contribution in [1.82, 2.24) is 5.32 Å². The van der Waals surface area contributed by atoms with Crippen molar-refractivity contribution < 1.29 is 9.84 Å². The van der Waals surface area contributed by atoms with Crippen LogP contribution in [0.4, 0.5) is 0 Å². The predicted octanol–water partition coefficient (Wildman–Crippen LogP) is 2.64. The van der Waals surface area contributed by atoms with Gasteiger partial charge in [0.15, 0.2) is 0 Å². The van der Waals surface area contributed by atoms with E-state index in [1.807, 2.05) is 30.0 Å². The zero-order chi connectivity index (χ0) is 14.7. The summed E-state index contributed by atoms with van der Waals surface area (Å²) in [6.45, 7) is 3.89. The lowest BCUT2D eigenvalue weighted by molar-refractivity contribution is 0.158. The number of likely N-dealkylation sites (N-methyl/N-ethyl adjacent to an activating group) is 1. The highest BCUT2D eigenvalue weighted by Crippen LogP contribution is 2.26. The first-order valence-corrected chi connectivity index (χ1v) is 8.42. The third kappa shape index (κ3) is 5.44. The van der Waals surface area contributed by atoms with Gasteiger partial charge in [0.25, 0.3) is 0 Å². The first kappa shape index (κ1) is 17.5. The van der Waals surface area contributed by atoms with Crippen LogP contribution < -0.4 is 5.32 Å². The summed E-state index contributed by atoms with van der Waals surface area (Å²) in [6, 6.07) is 10.3. The Hall–Kier alpha value is -0.550. The van der Waals surface area contributed by atoms with Gasteiger partial charge in [-0.15, -0.1) is 0 Å². The Morgan fingerprint density at radius 1 is 1.25 bits per heavy atom. The molecule has 0 spiro atoms. The van der Waals surface area contributed by atoms with Gasteiger partial charge in [0.2, 0.25) is 0 Å². The SMILES string of the molecule is CCNC(CO)(CCSCCCOC)c1ccccc1. The van der Waals surface area contributed by atoms with E-state index in [0.29, 0.717) is 0 Å². The quantitative estimate of drug-likeness (QED) is 0.616. The van der Waals surface area contributed by atoms with Gasteiger partial charge in [-0.25, -0.2) is 0 Å². The van der Waals surface area contributed by atoms with Crippen molar-refractivity contribution in [1.29, 1.82) is 0 Å². The van der Waals surface area contributed by atoms with Gasteiger partial charge in [0.05, 0.1) is 12.1 Å². The van der Waals surface area contributed by atoms with Crippen molar-refractivity contribution in [3.63, 3.8) is 0 Å². The zero-order valence-electron chi connectivity index (χ0n) is 12.6. The lowest BCUT2D eigenvalue weighted by Crippen LogP contribution is -2.46. The lowest BCUT2D eigenvalue weighted by atomic mass is 9.88. The molecule has 2 N–H and O–H groups in total. The van der Waals surface area contributed by atoms with Crippen molar-refractivity contribution in [2.24, 2.45) is 0 Å². The Morgan fingerprint density at radius 2 is 2.00 bits per heavy atom. The molecule has 0 bridgehead atoms. The fourth-order valence-electron chi connectivity index (χ4n) is 2.31. The van der Waals surface area contributed by atoms with Crippen molar-refractivity contribution in [2.45, 2.75) is 25.3 Å². The molecule has 114 valence electrons. The predicted molar refractivity (Wildman–Crippen MR) is 87.3 cm³/mol. The molecule has 0 saturated heterocycles. The average molecular weight is 297 g/mol. The van der Waals surface area contributed by atoms with Gasteiger partial charge in [-0.2, -0.15) is 11.8 Å². The maximum absolute atomic E-state index is 9.91. The van der Waals surface area contributed by atoms with E-state index in [0.717, 1.165) is 37.5 Å². The Labute approximate surface area is 127 Å². The summed E-state index contributed by atoms with van der Waals surface area (Å²) in [5.74, 6) is 2.14. The summed E-state index contributed by atoms with van der Waals surface area (Å²) in [6.07, 6.45) is 2.01. The Balaban J connectivity index is 2.56. The van der Waals surface area contributed by atoms with E-state index in [1.54, 1.807) is 7.11 Å². The van der Waals surface area contributed by atoms with Gasteiger partial charge in [0.1, 0.15) is 0 Å². The third-order valence-electron chi connectivity index (χ3n) is 3.42. The van der Waals surface area contributed by atoms with Crippen LogP contribution >= 0.6 is 11.8 Å². The van der Waals surface area contributed by atoms with Gasteiger partial charge in [-0.1, -0.05) is 37.3 Å². The number of hydrogen-bond acceptors (Lipinski definition) is 4. The van der Waals surface area contributed by atoms with Crippen LogP contribution in [0.25, 0.3) is 0 Å². The molecule has 1 rings (SSSR count). The molecule has 3 nitrogen and oxygen atoms in total. The topological polar surface area (TPSA) is 41.5 Å². The van der Waals surface area contributed by atoms with Gasteiger partial charge in [0, 0.05) is 13.7 Å². The number of hydrogen-bond donors (Lipinski definition) is 2. The molecule has 0 aliphatic carbocycles. The van der Waals surface area contributed by atoms with Crippen molar-refractivity contribution in [3.8, 4) is 0 Å². The van der Waals surface area contributed by atoms with Gasteiger partial charge >= 0.3 is 0 Å². The van der Waals surface area contributed by atoms with E-state index < -0.39 is 0 Å². The van der Waals surface area contributed by atoms with Crippen LogP contribution in [0.1, 0.15) is 25.3 Å². The minimum Gasteiger partial charge on any atom is -0.394 e. The monoisotopic (exact) mass is 297 g/mol. The third-order valence-corrected chi connectivity index (χ3v) is 4.49. The van der Waals surface area contributed by atoms with Crippen molar-refractivity contribution >= 4 is 11.8 Å². The molecular weight excluding hydrogens is 270 g/mol. The molecular formula is C16H27NO2S. The molecule has 0 saturated carbocycles. The number of ether oxygens (including phenoxy) is 1. The van der Waals surface area contributed by atoms with Crippen LogP contribution in [0.5, 0.6) is 0 Å². The molecule has 1 atom stereocenters. The second-order valence-electron chi connectivity index (χ2n) is 4.85. The number of nitrogens with one attached hydrogen (secondary N) is 1. The highest BCUT2D eigenvalue weighted by atomic mass is 32.2. The molecule has 4 heteroatoms. The maximum Gasteiger partial charge on any atom is 0.0676 e. The molecule has 0 heterocycles. The van der Waals surface area contributed by atoms with Crippen molar-refractivity contribution in [2.75, 3.05) is 38.4 Å². The summed E-state index contributed by atoms with van der Waals surface area (Å²) in [5, 5.41) is 13.4. The van der Waals surface area contributed by atoms with Gasteiger partial charge in [-0.3, -0.25) is 0 Å². The fraction of sp³-hybridized carbons (Fsp3) is 0.625. The van der Waals surface area contributed by atoms with E-state index in [9.17, 15) is 5.11 Å². The summed E-state index contributed by atoms with van der Waals surface area (Å²) in [7, 11) is 1.74. The summed E-state index contributed by atoms with van der Waals surface area (Å²) in [5.41, 5.74) is 0.853. The molecule has 0 fully saturated rings. The second-order valence-corrected chi connectivity index (χ2v) is 6.07. The molecule has 1 aromatic carbocycles. The van der Waals surface area contributed by atoms with Crippen LogP contribution in [-0.2, 0) is 10.3 Å². The van der Waals surface area contributed by atoms with Crippen LogP contribution in [0.15, 0.2) is 30.3 Å². The first-order valence-electron chi connectivity index (χ1n) is 7.27. The maximum atomic E-state index is 9.91. The van der Waals surface area contributed by atoms with Crippen LogP contribution in [-0.4, -0.2) is 43.5 Å². The number of benzene rings is 1. The lowest BCUT2D eigenvalue weighted by Gasteiger charge is -2.33. The van der Waals surface area contributed by atoms with Crippen LogP contribution in [0.3, 0.4) is 0 Å². The Kier molecular flexibility index (Phi) is 8.94. The largest absolute Gasteiger partial charge is 0.394 e. The molecule has 0 aromatic heterocycles. The van der Waals surface area contributed by atoms with Gasteiger partial charge < -0.3 is 15.2 Å². The summed E-state index contributed by atoms with van der Waals surface area (Å²) in [4.78, 5) is 0. The highest BCUT2D eigenvalue weighted by molar-refractivity contribution is 7.99. The average Bonchev–Trinajstić information content (AvgIpc) is 2.50.